The minimum atomic E-state index is -0.280. The van der Waals surface area contributed by atoms with Crippen molar-refractivity contribution in [3.05, 3.63) is 34.6 Å². The number of piperidine rings is 1. The lowest BCUT2D eigenvalue weighted by molar-refractivity contribution is 0.188. The highest BCUT2D eigenvalue weighted by molar-refractivity contribution is 6.31. The van der Waals surface area contributed by atoms with Gasteiger partial charge in [0.15, 0.2) is 0 Å². The highest BCUT2D eigenvalue weighted by Crippen LogP contribution is 2.24. The zero-order valence-corrected chi connectivity index (χ0v) is 13.1. The summed E-state index contributed by atoms with van der Waals surface area (Å²) in [5, 5.41) is 4.04. The van der Waals surface area contributed by atoms with Crippen molar-refractivity contribution in [1.29, 1.82) is 0 Å². The number of hydrogen-bond acceptors (Lipinski definition) is 2. The Labute approximate surface area is 126 Å². The summed E-state index contributed by atoms with van der Waals surface area (Å²) in [5.74, 6) is 0.456. The standard InChI is InChI=1S/C16H24ClFN2/c1-3-20-8-6-13(7-9-20)11-19-12(2)15-5-4-14(18)10-16(15)17/h4-5,10,12-13,19H,3,6-9,11H2,1-2H3. The maximum Gasteiger partial charge on any atom is 0.124 e. The van der Waals surface area contributed by atoms with E-state index in [0.717, 1.165) is 24.6 Å². The van der Waals surface area contributed by atoms with Gasteiger partial charge in [-0.05, 0) is 69.6 Å². The van der Waals surface area contributed by atoms with Gasteiger partial charge in [0.25, 0.3) is 0 Å². The molecule has 0 bridgehead atoms. The Bertz CT molecular complexity index is 430. The van der Waals surface area contributed by atoms with Gasteiger partial charge in [-0.15, -0.1) is 0 Å². The highest BCUT2D eigenvalue weighted by atomic mass is 35.5. The molecule has 0 radical (unpaired) electrons. The zero-order valence-electron chi connectivity index (χ0n) is 12.3. The van der Waals surface area contributed by atoms with Crippen LogP contribution in [0.2, 0.25) is 5.02 Å². The quantitative estimate of drug-likeness (QED) is 0.888. The molecule has 1 aliphatic heterocycles. The molecule has 1 atom stereocenters. The predicted molar refractivity (Wildman–Crippen MR) is 82.7 cm³/mol. The Balaban J connectivity index is 1.82. The van der Waals surface area contributed by atoms with Gasteiger partial charge in [-0.3, -0.25) is 0 Å². The van der Waals surface area contributed by atoms with Gasteiger partial charge in [0.2, 0.25) is 0 Å². The number of halogens is 2. The van der Waals surface area contributed by atoms with Crippen LogP contribution in [0.1, 0.15) is 38.3 Å². The molecule has 20 heavy (non-hydrogen) atoms. The maximum absolute atomic E-state index is 13.0. The molecule has 2 rings (SSSR count). The van der Waals surface area contributed by atoms with Gasteiger partial charge in [-0.2, -0.15) is 0 Å². The van der Waals surface area contributed by atoms with Crippen molar-refractivity contribution in [2.45, 2.75) is 32.7 Å². The Morgan fingerprint density at radius 2 is 2.10 bits per heavy atom. The lowest BCUT2D eigenvalue weighted by Gasteiger charge is -2.31. The van der Waals surface area contributed by atoms with Gasteiger partial charge in [-0.1, -0.05) is 24.6 Å². The highest BCUT2D eigenvalue weighted by Gasteiger charge is 2.19. The van der Waals surface area contributed by atoms with Crippen LogP contribution in [0.5, 0.6) is 0 Å². The fourth-order valence-electron chi connectivity index (χ4n) is 2.81. The summed E-state index contributed by atoms with van der Waals surface area (Å²) in [7, 11) is 0. The zero-order chi connectivity index (χ0) is 14.5. The Hall–Kier alpha value is -0.640. The molecule has 1 aromatic carbocycles. The van der Waals surface area contributed by atoms with Crippen LogP contribution in [0.15, 0.2) is 18.2 Å². The van der Waals surface area contributed by atoms with Crippen LogP contribution in [0.4, 0.5) is 4.39 Å². The number of likely N-dealkylation sites (tertiary alicyclic amines) is 1. The second-order valence-corrected chi connectivity index (χ2v) is 6.08. The van der Waals surface area contributed by atoms with E-state index in [-0.39, 0.29) is 11.9 Å². The fraction of sp³-hybridized carbons (Fsp3) is 0.625. The van der Waals surface area contributed by atoms with E-state index in [4.69, 9.17) is 11.6 Å². The number of benzene rings is 1. The molecule has 0 saturated carbocycles. The second kappa shape index (κ2) is 7.39. The van der Waals surface area contributed by atoms with Crippen molar-refractivity contribution in [3.8, 4) is 0 Å². The molecule has 1 N–H and O–H groups in total. The molecule has 0 aromatic heterocycles. The molecule has 1 aliphatic rings. The van der Waals surface area contributed by atoms with Crippen molar-refractivity contribution >= 4 is 11.6 Å². The average Bonchev–Trinajstić information content (AvgIpc) is 2.45. The number of nitrogens with one attached hydrogen (secondary N) is 1. The summed E-state index contributed by atoms with van der Waals surface area (Å²) in [4.78, 5) is 2.50. The first-order valence-corrected chi connectivity index (χ1v) is 7.88. The van der Waals surface area contributed by atoms with E-state index in [1.807, 2.05) is 0 Å². The fourth-order valence-corrected chi connectivity index (χ4v) is 3.14. The average molecular weight is 299 g/mol. The Morgan fingerprint density at radius 1 is 1.40 bits per heavy atom. The minimum Gasteiger partial charge on any atom is -0.310 e. The SMILES string of the molecule is CCN1CCC(CNC(C)c2ccc(F)cc2Cl)CC1. The molecule has 0 amide bonds. The van der Waals surface area contributed by atoms with Crippen LogP contribution < -0.4 is 5.32 Å². The van der Waals surface area contributed by atoms with Crippen molar-refractivity contribution < 1.29 is 4.39 Å². The maximum atomic E-state index is 13.0. The predicted octanol–water partition coefficient (Wildman–Crippen LogP) is 3.86. The van der Waals surface area contributed by atoms with Crippen LogP contribution in [0.25, 0.3) is 0 Å². The lowest BCUT2D eigenvalue weighted by Crippen LogP contribution is -2.37. The second-order valence-electron chi connectivity index (χ2n) is 5.67. The molecule has 1 heterocycles. The number of hydrogen-bond donors (Lipinski definition) is 1. The van der Waals surface area contributed by atoms with Gasteiger partial charge in [0, 0.05) is 11.1 Å². The Morgan fingerprint density at radius 3 is 2.70 bits per heavy atom. The third-order valence-corrected chi connectivity index (χ3v) is 4.62. The molecule has 1 aromatic rings. The summed E-state index contributed by atoms with van der Waals surface area (Å²) in [5.41, 5.74) is 0.971. The molecule has 2 nitrogen and oxygen atoms in total. The third-order valence-electron chi connectivity index (χ3n) is 4.30. The van der Waals surface area contributed by atoms with Crippen LogP contribution in [-0.4, -0.2) is 31.1 Å². The van der Waals surface area contributed by atoms with Crippen molar-refractivity contribution in [2.24, 2.45) is 5.92 Å². The van der Waals surface area contributed by atoms with Crippen molar-refractivity contribution in [3.63, 3.8) is 0 Å². The number of rotatable bonds is 5. The van der Waals surface area contributed by atoms with Crippen LogP contribution in [0.3, 0.4) is 0 Å². The van der Waals surface area contributed by atoms with E-state index in [1.165, 1.54) is 38.1 Å². The summed E-state index contributed by atoms with van der Waals surface area (Å²) in [6.45, 7) is 8.87. The summed E-state index contributed by atoms with van der Waals surface area (Å²) in [6.07, 6.45) is 2.51. The van der Waals surface area contributed by atoms with Gasteiger partial charge < -0.3 is 10.2 Å². The van der Waals surface area contributed by atoms with Gasteiger partial charge in [0.05, 0.1) is 0 Å². The molecule has 0 aliphatic carbocycles. The normalized spacial score (nSPS) is 19.2. The molecule has 4 heteroatoms. The molecular formula is C16H24ClFN2. The van der Waals surface area contributed by atoms with Crippen LogP contribution >= 0.6 is 11.6 Å². The lowest BCUT2D eigenvalue weighted by atomic mass is 9.96. The minimum absolute atomic E-state index is 0.160. The summed E-state index contributed by atoms with van der Waals surface area (Å²) in [6, 6.07) is 4.79. The van der Waals surface area contributed by atoms with E-state index in [9.17, 15) is 4.39 Å². The van der Waals surface area contributed by atoms with E-state index >= 15 is 0 Å². The third kappa shape index (κ3) is 4.18. The van der Waals surface area contributed by atoms with E-state index in [2.05, 4.69) is 24.1 Å². The monoisotopic (exact) mass is 298 g/mol. The smallest absolute Gasteiger partial charge is 0.124 e. The molecule has 1 unspecified atom stereocenters. The first-order chi connectivity index (χ1) is 9.60. The van der Waals surface area contributed by atoms with Crippen LogP contribution in [0, 0.1) is 11.7 Å². The van der Waals surface area contributed by atoms with Crippen molar-refractivity contribution in [2.75, 3.05) is 26.2 Å². The van der Waals surface area contributed by atoms with E-state index in [0.29, 0.717) is 5.02 Å². The summed E-state index contributed by atoms with van der Waals surface area (Å²) < 4.78 is 13.0. The van der Waals surface area contributed by atoms with E-state index < -0.39 is 0 Å². The first-order valence-electron chi connectivity index (χ1n) is 7.50. The summed E-state index contributed by atoms with van der Waals surface area (Å²) >= 11 is 6.10. The van der Waals surface area contributed by atoms with Crippen molar-refractivity contribution in [1.82, 2.24) is 10.2 Å². The molecule has 1 saturated heterocycles. The van der Waals surface area contributed by atoms with Gasteiger partial charge >= 0.3 is 0 Å². The molecule has 0 spiro atoms. The molecule has 112 valence electrons. The molecule has 1 fully saturated rings. The van der Waals surface area contributed by atoms with Crippen LogP contribution in [-0.2, 0) is 0 Å². The molecular weight excluding hydrogens is 275 g/mol. The van der Waals surface area contributed by atoms with E-state index in [1.54, 1.807) is 6.07 Å². The number of nitrogens with zero attached hydrogens (tertiary/aromatic N) is 1. The topological polar surface area (TPSA) is 15.3 Å². The first kappa shape index (κ1) is 15.7. The Kier molecular flexibility index (Phi) is 5.82. The van der Waals surface area contributed by atoms with Gasteiger partial charge in [-0.25, -0.2) is 4.39 Å². The van der Waals surface area contributed by atoms with Gasteiger partial charge in [0.1, 0.15) is 5.82 Å². The largest absolute Gasteiger partial charge is 0.310 e.